The number of piperazine rings is 1. The number of hydrogen-bond acceptors (Lipinski definition) is 5. The van der Waals surface area contributed by atoms with Gasteiger partial charge in [-0.25, -0.2) is 18.1 Å². The molecule has 158 valence electrons. The van der Waals surface area contributed by atoms with E-state index in [4.69, 9.17) is 0 Å². The Hall–Kier alpha value is -1.97. The molecule has 0 spiro atoms. The zero-order chi connectivity index (χ0) is 21.0. The van der Waals surface area contributed by atoms with Crippen LogP contribution in [0.15, 0.2) is 23.1 Å². The van der Waals surface area contributed by atoms with Crippen LogP contribution in [0.3, 0.4) is 0 Å². The molecule has 1 atom stereocenters. The Morgan fingerprint density at radius 2 is 1.76 bits per heavy atom. The fourth-order valence-corrected chi connectivity index (χ4v) is 5.95. The molecule has 0 radical (unpaired) electrons. The van der Waals surface area contributed by atoms with E-state index in [0.717, 1.165) is 24.0 Å². The zero-order valence-corrected chi connectivity index (χ0v) is 18.0. The smallest absolute Gasteiger partial charge is 0.323 e. The molecule has 0 unspecified atom stereocenters. The van der Waals surface area contributed by atoms with Crippen molar-refractivity contribution >= 4 is 22.0 Å². The highest BCUT2D eigenvalue weighted by Gasteiger charge is 2.56. The second-order valence-corrected chi connectivity index (χ2v) is 10.5. The van der Waals surface area contributed by atoms with Gasteiger partial charge in [0.2, 0.25) is 10.0 Å². The largest absolute Gasteiger partial charge is 0.326 e. The maximum absolute atomic E-state index is 13.1. The van der Waals surface area contributed by atoms with E-state index < -0.39 is 15.6 Å². The lowest BCUT2D eigenvalue weighted by molar-refractivity contribution is -0.133. The Kier molecular flexibility index (Phi) is 4.95. The Morgan fingerprint density at radius 1 is 1.10 bits per heavy atom. The van der Waals surface area contributed by atoms with Crippen molar-refractivity contribution in [1.29, 1.82) is 0 Å². The highest BCUT2D eigenvalue weighted by atomic mass is 32.2. The molecule has 1 aromatic carbocycles. The van der Waals surface area contributed by atoms with E-state index in [1.165, 1.54) is 9.21 Å². The van der Waals surface area contributed by atoms with E-state index in [9.17, 15) is 18.0 Å². The van der Waals surface area contributed by atoms with Gasteiger partial charge in [-0.15, -0.1) is 0 Å². The maximum atomic E-state index is 13.1. The van der Waals surface area contributed by atoms with Crippen molar-refractivity contribution < 1.29 is 18.0 Å². The second kappa shape index (κ2) is 7.07. The van der Waals surface area contributed by atoms with Gasteiger partial charge in [0.05, 0.1) is 11.6 Å². The molecule has 0 aromatic heterocycles. The van der Waals surface area contributed by atoms with Crippen LogP contribution in [0.25, 0.3) is 0 Å². The number of carbonyl (C=O) groups is 2. The molecule has 2 aliphatic heterocycles. The van der Waals surface area contributed by atoms with Crippen molar-refractivity contribution in [3.63, 3.8) is 0 Å². The van der Waals surface area contributed by atoms with Gasteiger partial charge in [-0.05, 0) is 56.7 Å². The Balaban J connectivity index is 1.40. The van der Waals surface area contributed by atoms with Gasteiger partial charge in [0, 0.05) is 26.2 Å². The van der Waals surface area contributed by atoms with Crippen molar-refractivity contribution in [1.82, 2.24) is 19.4 Å². The van der Waals surface area contributed by atoms with Crippen molar-refractivity contribution in [2.75, 3.05) is 32.8 Å². The first-order valence-corrected chi connectivity index (χ1v) is 11.5. The summed E-state index contributed by atoms with van der Waals surface area (Å²) in [7, 11) is -3.56. The van der Waals surface area contributed by atoms with Gasteiger partial charge in [0.1, 0.15) is 5.54 Å². The Labute approximate surface area is 171 Å². The number of benzene rings is 1. The maximum Gasteiger partial charge on any atom is 0.326 e. The summed E-state index contributed by atoms with van der Waals surface area (Å²) in [5.74, 6) is 0.0546. The van der Waals surface area contributed by atoms with Crippen LogP contribution < -0.4 is 5.32 Å². The molecule has 4 rings (SSSR count). The minimum absolute atomic E-state index is 0.171. The number of nitrogens with one attached hydrogen (secondary N) is 1. The third kappa shape index (κ3) is 3.55. The van der Waals surface area contributed by atoms with Crippen LogP contribution >= 0.6 is 0 Å². The highest BCUT2D eigenvalue weighted by molar-refractivity contribution is 7.89. The summed E-state index contributed by atoms with van der Waals surface area (Å²) < 4.78 is 27.6. The summed E-state index contributed by atoms with van der Waals surface area (Å²) in [5, 5.41) is 2.85. The molecule has 1 aromatic rings. The SMILES string of the molecule is Cc1ccc(C)c(S(=O)(=O)N2CCN(CN3C(=O)N[C@](C)(C4CC4)C3=O)CC2)c1. The molecular weight excluding hydrogens is 392 g/mol. The Morgan fingerprint density at radius 3 is 2.38 bits per heavy atom. The van der Waals surface area contributed by atoms with E-state index >= 15 is 0 Å². The number of hydrogen-bond donors (Lipinski definition) is 1. The minimum Gasteiger partial charge on any atom is -0.323 e. The Bertz CT molecular complexity index is 951. The molecule has 1 N–H and O–H groups in total. The van der Waals surface area contributed by atoms with Gasteiger partial charge >= 0.3 is 6.03 Å². The lowest BCUT2D eigenvalue weighted by Gasteiger charge is -2.35. The predicted octanol–water partition coefficient (Wildman–Crippen LogP) is 1.29. The van der Waals surface area contributed by atoms with E-state index in [2.05, 4.69) is 5.32 Å². The van der Waals surface area contributed by atoms with Crippen molar-refractivity contribution in [3.05, 3.63) is 29.3 Å². The molecule has 2 saturated heterocycles. The minimum atomic E-state index is -3.56. The fraction of sp³-hybridized carbons (Fsp3) is 0.600. The number of sulfonamides is 1. The molecule has 3 fully saturated rings. The second-order valence-electron chi connectivity index (χ2n) is 8.57. The number of imide groups is 1. The number of nitrogens with zero attached hydrogens (tertiary/aromatic N) is 3. The molecule has 1 saturated carbocycles. The van der Waals surface area contributed by atoms with Gasteiger partial charge in [0.15, 0.2) is 0 Å². The number of carbonyl (C=O) groups excluding carboxylic acids is 2. The average molecular weight is 421 g/mol. The van der Waals surface area contributed by atoms with E-state index in [0.29, 0.717) is 31.1 Å². The third-order valence-corrected chi connectivity index (χ3v) is 8.37. The first-order valence-electron chi connectivity index (χ1n) is 10.1. The summed E-state index contributed by atoms with van der Waals surface area (Å²) >= 11 is 0. The number of rotatable bonds is 5. The van der Waals surface area contributed by atoms with Gasteiger partial charge in [-0.2, -0.15) is 4.31 Å². The highest BCUT2D eigenvalue weighted by Crippen LogP contribution is 2.42. The molecule has 9 heteroatoms. The van der Waals surface area contributed by atoms with Crippen LogP contribution in [0.2, 0.25) is 0 Å². The molecule has 3 aliphatic rings. The standard InChI is InChI=1S/C20H28N4O4S/c1-14-4-5-15(2)17(12-14)29(27,28)23-10-8-22(9-11-23)13-24-18(25)20(3,16-6-7-16)21-19(24)26/h4-5,12,16H,6-11,13H2,1-3H3,(H,21,26)/t20-/m1/s1. The van der Waals surface area contributed by atoms with Gasteiger partial charge < -0.3 is 5.32 Å². The van der Waals surface area contributed by atoms with Crippen LogP contribution in [0.5, 0.6) is 0 Å². The molecule has 1 aliphatic carbocycles. The molecule has 2 heterocycles. The molecule has 0 bridgehead atoms. The van der Waals surface area contributed by atoms with E-state index in [1.54, 1.807) is 19.9 Å². The molecule has 8 nitrogen and oxygen atoms in total. The van der Waals surface area contributed by atoms with Crippen LogP contribution in [-0.2, 0) is 14.8 Å². The summed E-state index contributed by atoms with van der Waals surface area (Å²) in [6.45, 7) is 7.30. The number of aryl methyl sites for hydroxylation is 2. The van der Waals surface area contributed by atoms with Gasteiger partial charge in [0.25, 0.3) is 5.91 Å². The van der Waals surface area contributed by atoms with Crippen molar-refractivity contribution in [2.45, 2.75) is 44.0 Å². The van der Waals surface area contributed by atoms with Crippen molar-refractivity contribution in [2.24, 2.45) is 5.92 Å². The first-order chi connectivity index (χ1) is 13.6. The lowest BCUT2D eigenvalue weighted by atomic mass is 9.96. The number of urea groups is 1. The van der Waals surface area contributed by atoms with Gasteiger partial charge in [-0.1, -0.05) is 12.1 Å². The monoisotopic (exact) mass is 420 g/mol. The summed E-state index contributed by atoms with van der Waals surface area (Å²) in [6.07, 6.45) is 1.93. The van der Waals surface area contributed by atoms with Gasteiger partial charge in [-0.3, -0.25) is 9.69 Å². The van der Waals surface area contributed by atoms with E-state index in [1.807, 2.05) is 24.0 Å². The molecule has 29 heavy (non-hydrogen) atoms. The summed E-state index contributed by atoms with van der Waals surface area (Å²) in [4.78, 5) is 28.7. The average Bonchev–Trinajstić information content (AvgIpc) is 3.50. The summed E-state index contributed by atoms with van der Waals surface area (Å²) in [6, 6.07) is 5.09. The molecular formula is C20H28N4O4S. The normalized spacial score (nSPS) is 26.8. The quantitative estimate of drug-likeness (QED) is 0.725. The lowest BCUT2D eigenvalue weighted by Crippen LogP contribution is -2.53. The zero-order valence-electron chi connectivity index (χ0n) is 17.1. The predicted molar refractivity (Wildman–Crippen MR) is 108 cm³/mol. The van der Waals surface area contributed by atoms with Crippen LogP contribution in [0, 0.1) is 19.8 Å². The molecule has 3 amide bonds. The third-order valence-electron chi connectivity index (χ3n) is 6.33. The topological polar surface area (TPSA) is 90.0 Å². The van der Waals surface area contributed by atoms with Crippen molar-refractivity contribution in [3.8, 4) is 0 Å². The van der Waals surface area contributed by atoms with E-state index in [-0.39, 0.29) is 24.5 Å². The van der Waals surface area contributed by atoms with Crippen LogP contribution in [-0.4, -0.2) is 72.8 Å². The number of amides is 3. The first kappa shape index (κ1) is 20.3. The fourth-order valence-electron chi connectivity index (χ4n) is 4.22. The van der Waals surface area contributed by atoms with Crippen LogP contribution in [0.4, 0.5) is 4.79 Å². The summed E-state index contributed by atoms with van der Waals surface area (Å²) in [5.41, 5.74) is 0.854. The van der Waals surface area contributed by atoms with Crippen LogP contribution in [0.1, 0.15) is 30.9 Å².